The average Bonchev–Trinajstić information content (AvgIpc) is 2.70. The van der Waals surface area contributed by atoms with Crippen LogP contribution in [0.15, 0.2) is 77.7 Å². The van der Waals surface area contributed by atoms with Gasteiger partial charge in [-0.25, -0.2) is 12.8 Å². The lowest BCUT2D eigenvalue weighted by atomic mass is 10.2. The number of sulfonamides is 1. The molecule has 8 heteroatoms. The molecule has 156 valence electrons. The minimum absolute atomic E-state index is 0.0346. The van der Waals surface area contributed by atoms with E-state index in [4.69, 9.17) is 4.74 Å². The van der Waals surface area contributed by atoms with Gasteiger partial charge >= 0.3 is 0 Å². The third-order valence-corrected chi connectivity index (χ3v) is 5.41. The van der Waals surface area contributed by atoms with Crippen LogP contribution in [0.5, 0.6) is 5.75 Å². The monoisotopic (exact) mass is 428 g/mol. The van der Waals surface area contributed by atoms with Gasteiger partial charge in [-0.3, -0.25) is 9.52 Å². The highest BCUT2D eigenvalue weighted by Crippen LogP contribution is 2.21. The Morgan fingerprint density at radius 1 is 0.933 bits per heavy atom. The van der Waals surface area contributed by atoms with Gasteiger partial charge in [0.25, 0.3) is 15.9 Å². The molecule has 30 heavy (non-hydrogen) atoms. The Kier molecular flexibility index (Phi) is 6.37. The second-order valence-corrected chi connectivity index (χ2v) is 8.44. The van der Waals surface area contributed by atoms with Crippen molar-refractivity contribution >= 4 is 27.3 Å². The van der Waals surface area contributed by atoms with Crippen molar-refractivity contribution in [1.29, 1.82) is 0 Å². The van der Waals surface area contributed by atoms with Crippen LogP contribution in [0.25, 0.3) is 0 Å². The molecule has 3 aromatic rings. The van der Waals surface area contributed by atoms with Crippen molar-refractivity contribution in [2.24, 2.45) is 0 Å². The van der Waals surface area contributed by atoms with Gasteiger partial charge in [-0.1, -0.05) is 12.1 Å². The number of carbonyl (C=O) groups is 1. The summed E-state index contributed by atoms with van der Waals surface area (Å²) < 4.78 is 46.3. The predicted molar refractivity (Wildman–Crippen MR) is 114 cm³/mol. The maximum Gasteiger partial charge on any atom is 0.261 e. The van der Waals surface area contributed by atoms with Crippen LogP contribution in [0, 0.1) is 5.82 Å². The number of rotatable bonds is 7. The largest absolute Gasteiger partial charge is 0.491 e. The number of carbonyl (C=O) groups excluding carboxylic acids is 1. The number of anilines is 2. The van der Waals surface area contributed by atoms with Gasteiger partial charge in [-0.05, 0) is 74.5 Å². The molecule has 0 atom stereocenters. The summed E-state index contributed by atoms with van der Waals surface area (Å²) in [6, 6.07) is 17.8. The normalized spacial score (nSPS) is 11.2. The first-order valence-corrected chi connectivity index (χ1v) is 10.7. The highest BCUT2D eigenvalue weighted by atomic mass is 32.2. The van der Waals surface area contributed by atoms with Crippen molar-refractivity contribution < 1.29 is 22.3 Å². The smallest absolute Gasteiger partial charge is 0.261 e. The van der Waals surface area contributed by atoms with Gasteiger partial charge in [0.1, 0.15) is 11.6 Å². The van der Waals surface area contributed by atoms with E-state index in [1.165, 1.54) is 42.5 Å². The summed E-state index contributed by atoms with van der Waals surface area (Å²) in [6.45, 7) is 3.83. The Bertz CT molecular complexity index is 1130. The Hall–Kier alpha value is -3.39. The molecule has 0 saturated heterocycles. The number of halogens is 1. The van der Waals surface area contributed by atoms with E-state index in [-0.39, 0.29) is 22.6 Å². The molecule has 0 fully saturated rings. The van der Waals surface area contributed by atoms with E-state index in [9.17, 15) is 17.6 Å². The van der Waals surface area contributed by atoms with Crippen LogP contribution in [0.2, 0.25) is 0 Å². The topological polar surface area (TPSA) is 84.5 Å². The summed E-state index contributed by atoms with van der Waals surface area (Å²) in [5.41, 5.74) is 0.719. The first-order chi connectivity index (χ1) is 14.2. The predicted octanol–water partition coefficient (Wildman–Crippen LogP) is 4.67. The lowest BCUT2D eigenvalue weighted by Crippen LogP contribution is -2.15. The molecule has 0 bridgehead atoms. The van der Waals surface area contributed by atoms with E-state index < -0.39 is 15.8 Å². The molecular formula is C22H21FN2O4S. The molecule has 0 aliphatic carbocycles. The van der Waals surface area contributed by atoms with Gasteiger partial charge in [0, 0.05) is 11.3 Å². The fourth-order valence-corrected chi connectivity index (χ4v) is 3.69. The zero-order valence-corrected chi connectivity index (χ0v) is 17.2. The molecule has 2 N–H and O–H groups in total. The summed E-state index contributed by atoms with van der Waals surface area (Å²) >= 11 is 0. The summed E-state index contributed by atoms with van der Waals surface area (Å²) in [7, 11) is -3.96. The quantitative estimate of drug-likeness (QED) is 0.573. The lowest BCUT2D eigenvalue weighted by molar-refractivity contribution is 0.102. The van der Waals surface area contributed by atoms with Gasteiger partial charge in [-0.15, -0.1) is 0 Å². The molecule has 3 rings (SSSR count). The van der Waals surface area contributed by atoms with Crippen molar-refractivity contribution in [1.82, 2.24) is 0 Å². The number of ether oxygens (including phenoxy) is 1. The van der Waals surface area contributed by atoms with E-state index in [0.29, 0.717) is 17.0 Å². The molecule has 0 aromatic heterocycles. The molecule has 0 saturated carbocycles. The zero-order chi connectivity index (χ0) is 21.7. The maximum absolute atomic E-state index is 13.7. The molecule has 1 amide bonds. The zero-order valence-electron chi connectivity index (χ0n) is 16.4. The van der Waals surface area contributed by atoms with Gasteiger partial charge in [0.2, 0.25) is 0 Å². The van der Waals surface area contributed by atoms with Crippen LogP contribution in [-0.4, -0.2) is 20.4 Å². The SMILES string of the molecule is CC(C)Oc1ccc(C(=O)Nc2ccc(S(=O)(=O)Nc3ccccc3F)cc2)cc1. The summed E-state index contributed by atoms with van der Waals surface area (Å²) in [5, 5.41) is 2.70. The molecule has 3 aromatic carbocycles. The molecule has 0 radical (unpaired) electrons. The standard InChI is InChI=1S/C22H21FN2O4S/c1-15(2)29-18-11-7-16(8-12-18)22(26)24-17-9-13-19(14-10-17)30(27,28)25-21-6-4-3-5-20(21)23/h3-15,25H,1-2H3,(H,24,26). The number of benzene rings is 3. The van der Waals surface area contributed by atoms with Gasteiger partial charge in [-0.2, -0.15) is 0 Å². The van der Waals surface area contributed by atoms with Gasteiger partial charge in [0.05, 0.1) is 16.7 Å². The van der Waals surface area contributed by atoms with Gasteiger partial charge < -0.3 is 10.1 Å². The van der Waals surface area contributed by atoms with E-state index in [0.717, 1.165) is 6.07 Å². The molecule has 0 aliphatic heterocycles. The number of hydrogen-bond donors (Lipinski definition) is 2. The van der Waals surface area contributed by atoms with Crippen LogP contribution in [0.3, 0.4) is 0 Å². The van der Waals surface area contributed by atoms with Crippen LogP contribution in [0.4, 0.5) is 15.8 Å². The minimum Gasteiger partial charge on any atom is -0.491 e. The van der Waals surface area contributed by atoms with Crippen molar-refractivity contribution in [3.8, 4) is 5.75 Å². The van der Waals surface area contributed by atoms with Crippen LogP contribution in [-0.2, 0) is 10.0 Å². The second-order valence-electron chi connectivity index (χ2n) is 6.75. The lowest BCUT2D eigenvalue weighted by Gasteiger charge is -2.11. The van der Waals surface area contributed by atoms with E-state index in [1.807, 2.05) is 13.8 Å². The average molecular weight is 428 g/mol. The van der Waals surface area contributed by atoms with Crippen LogP contribution >= 0.6 is 0 Å². The number of amides is 1. The molecular weight excluding hydrogens is 407 g/mol. The Balaban J connectivity index is 1.68. The first-order valence-electron chi connectivity index (χ1n) is 9.20. The number of nitrogens with one attached hydrogen (secondary N) is 2. The molecule has 0 aliphatic rings. The highest BCUT2D eigenvalue weighted by Gasteiger charge is 2.16. The third-order valence-electron chi connectivity index (χ3n) is 4.03. The fraction of sp³-hybridized carbons (Fsp3) is 0.136. The van der Waals surface area contributed by atoms with E-state index >= 15 is 0 Å². The Morgan fingerprint density at radius 3 is 2.17 bits per heavy atom. The number of para-hydroxylation sites is 1. The molecule has 0 spiro atoms. The van der Waals surface area contributed by atoms with Crippen LogP contribution < -0.4 is 14.8 Å². The summed E-state index contributed by atoms with van der Waals surface area (Å²) in [6.07, 6.45) is 0.0346. The molecule has 0 unspecified atom stereocenters. The third kappa shape index (κ3) is 5.36. The second kappa shape index (κ2) is 8.96. The highest BCUT2D eigenvalue weighted by molar-refractivity contribution is 7.92. The van der Waals surface area contributed by atoms with Crippen molar-refractivity contribution in [2.75, 3.05) is 10.0 Å². The van der Waals surface area contributed by atoms with E-state index in [2.05, 4.69) is 10.0 Å². The van der Waals surface area contributed by atoms with Crippen LogP contribution in [0.1, 0.15) is 24.2 Å². The molecule has 6 nitrogen and oxygen atoms in total. The fourth-order valence-electron chi connectivity index (χ4n) is 2.63. The maximum atomic E-state index is 13.7. The Labute approximate surface area is 174 Å². The minimum atomic E-state index is -3.96. The Morgan fingerprint density at radius 2 is 1.57 bits per heavy atom. The van der Waals surface area contributed by atoms with Gasteiger partial charge in [0.15, 0.2) is 0 Å². The van der Waals surface area contributed by atoms with Crippen molar-refractivity contribution in [3.63, 3.8) is 0 Å². The molecule has 0 heterocycles. The summed E-state index contributed by atoms with van der Waals surface area (Å²) in [4.78, 5) is 12.3. The van der Waals surface area contributed by atoms with Crippen molar-refractivity contribution in [3.05, 3.63) is 84.2 Å². The summed E-state index contributed by atoms with van der Waals surface area (Å²) in [5.74, 6) is -0.348. The first kappa shape index (κ1) is 21.3. The van der Waals surface area contributed by atoms with Crippen molar-refractivity contribution in [2.45, 2.75) is 24.8 Å². The van der Waals surface area contributed by atoms with E-state index in [1.54, 1.807) is 24.3 Å². The number of hydrogen-bond acceptors (Lipinski definition) is 4.